The van der Waals surface area contributed by atoms with E-state index in [1.165, 1.54) is 11.3 Å². The van der Waals surface area contributed by atoms with E-state index in [-0.39, 0.29) is 10.9 Å². The van der Waals surface area contributed by atoms with Crippen LogP contribution in [0.4, 0.5) is 0 Å². The van der Waals surface area contributed by atoms with Crippen LogP contribution in [-0.4, -0.2) is 40.0 Å². The zero-order valence-electron chi connectivity index (χ0n) is 10.6. The third-order valence-corrected chi connectivity index (χ3v) is 6.35. The molecule has 1 unspecified atom stereocenters. The van der Waals surface area contributed by atoms with E-state index in [1.54, 1.807) is 6.07 Å². The molecule has 0 radical (unpaired) electrons. The number of nitrogens with one attached hydrogen (secondary N) is 1. The average molecular weight is 356 g/mol. The zero-order valence-corrected chi connectivity index (χ0v) is 13.8. The lowest BCUT2D eigenvalue weighted by atomic mass is 10.3. The first-order chi connectivity index (χ1) is 8.27. The van der Waals surface area contributed by atoms with E-state index in [4.69, 9.17) is 5.73 Å². The van der Waals surface area contributed by atoms with E-state index >= 15 is 0 Å². The molecule has 0 fully saturated rings. The Morgan fingerprint density at radius 2 is 2.17 bits per heavy atom. The summed E-state index contributed by atoms with van der Waals surface area (Å²) in [7, 11) is 0.340. The van der Waals surface area contributed by atoms with Crippen molar-refractivity contribution in [2.24, 2.45) is 5.73 Å². The molecule has 0 aliphatic rings. The fourth-order valence-corrected chi connectivity index (χ4v) is 4.85. The first-order valence-corrected chi connectivity index (χ1v) is 8.51. The monoisotopic (exact) mass is 355 g/mol. The Kier molecular flexibility index (Phi) is 5.75. The second-order valence-electron chi connectivity index (χ2n) is 4.22. The summed E-state index contributed by atoms with van der Waals surface area (Å²) in [5, 5.41) is 0. The lowest BCUT2D eigenvalue weighted by Gasteiger charge is -2.19. The maximum atomic E-state index is 12.1. The van der Waals surface area contributed by atoms with E-state index < -0.39 is 10.0 Å². The Morgan fingerprint density at radius 3 is 2.61 bits per heavy atom. The van der Waals surface area contributed by atoms with Crippen molar-refractivity contribution in [2.45, 2.75) is 24.4 Å². The van der Waals surface area contributed by atoms with E-state index in [9.17, 15) is 8.42 Å². The highest BCUT2D eigenvalue weighted by Crippen LogP contribution is 2.31. The summed E-state index contributed by atoms with van der Waals surface area (Å²) in [6.45, 7) is 2.67. The van der Waals surface area contributed by atoms with Crippen LogP contribution in [0.2, 0.25) is 0 Å². The zero-order chi connectivity index (χ0) is 13.9. The molecule has 5 nitrogen and oxygen atoms in total. The highest BCUT2D eigenvalue weighted by molar-refractivity contribution is 9.11. The van der Waals surface area contributed by atoms with Crippen LogP contribution < -0.4 is 10.5 Å². The van der Waals surface area contributed by atoms with Gasteiger partial charge in [-0.3, -0.25) is 0 Å². The third-order valence-electron chi connectivity index (χ3n) is 2.65. The van der Waals surface area contributed by atoms with Gasteiger partial charge in [-0.1, -0.05) is 0 Å². The highest BCUT2D eigenvalue weighted by atomic mass is 79.9. The standard InChI is InChI=1S/C10H18BrN3O2S2/c1-7(14(2)3)6-13-18(15,16)9-4-8(5-12)17-10(9)11/h4,7,13H,5-6,12H2,1-3H3. The molecule has 0 amide bonds. The van der Waals surface area contributed by atoms with Gasteiger partial charge in [-0.2, -0.15) is 0 Å². The summed E-state index contributed by atoms with van der Waals surface area (Å²) in [5.74, 6) is 0. The van der Waals surface area contributed by atoms with Crippen molar-refractivity contribution >= 4 is 37.3 Å². The number of hydrogen-bond acceptors (Lipinski definition) is 5. The largest absolute Gasteiger partial charge is 0.326 e. The minimum atomic E-state index is -3.48. The summed E-state index contributed by atoms with van der Waals surface area (Å²) in [5.41, 5.74) is 5.50. The molecular weight excluding hydrogens is 338 g/mol. The molecule has 0 saturated heterocycles. The number of likely N-dealkylation sites (N-methyl/N-ethyl adjacent to an activating group) is 1. The number of nitrogens with zero attached hydrogens (tertiary/aromatic N) is 1. The van der Waals surface area contributed by atoms with Crippen molar-refractivity contribution in [1.82, 2.24) is 9.62 Å². The number of hydrogen-bond donors (Lipinski definition) is 2. The van der Waals surface area contributed by atoms with E-state index in [0.29, 0.717) is 16.9 Å². The van der Waals surface area contributed by atoms with Gasteiger partial charge in [0.1, 0.15) is 4.90 Å². The second kappa shape index (κ2) is 6.44. The van der Waals surface area contributed by atoms with Crippen LogP contribution >= 0.6 is 27.3 Å². The Morgan fingerprint density at radius 1 is 1.56 bits per heavy atom. The highest BCUT2D eigenvalue weighted by Gasteiger charge is 2.21. The predicted molar refractivity (Wildman–Crippen MR) is 78.2 cm³/mol. The molecule has 18 heavy (non-hydrogen) atoms. The van der Waals surface area contributed by atoms with Crippen LogP contribution in [-0.2, 0) is 16.6 Å². The molecule has 104 valence electrons. The molecule has 1 rings (SSSR count). The van der Waals surface area contributed by atoms with Gasteiger partial charge in [-0.15, -0.1) is 11.3 Å². The molecule has 8 heteroatoms. The molecule has 0 aromatic carbocycles. The average Bonchev–Trinajstić information content (AvgIpc) is 2.68. The Balaban J connectivity index is 2.83. The van der Waals surface area contributed by atoms with Crippen LogP contribution in [0, 0.1) is 0 Å². The Labute approximate surface area is 121 Å². The summed E-state index contributed by atoms with van der Waals surface area (Å²) in [4.78, 5) is 3.05. The maximum Gasteiger partial charge on any atom is 0.242 e. The first kappa shape index (κ1) is 16.1. The van der Waals surface area contributed by atoms with Gasteiger partial charge in [-0.25, -0.2) is 13.1 Å². The van der Waals surface area contributed by atoms with Gasteiger partial charge in [0.05, 0.1) is 3.79 Å². The molecule has 1 aromatic rings. The van der Waals surface area contributed by atoms with Crippen molar-refractivity contribution in [2.75, 3.05) is 20.6 Å². The summed E-state index contributed by atoms with van der Waals surface area (Å²) >= 11 is 4.61. The van der Waals surface area contributed by atoms with E-state index in [2.05, 4.69) is 20.7 Å². The molecule has 0 aliphatic heterocycles. The molecule has 0 aliphatic carbocycles. The van der Waals surface area contributed by atoms with Crippen LogP contribution in [0.5, 0.6) is 0 Å². The molecule has 3 N–H and O–H groups in total. The Bertz CT molecular complexity index is 499. The van der Waals surface area contributed by atoms with Crippen LogP contribution in [0.15, 0.2) is 14.7 Å². The molecule has 0 spiro atoms. The van der Waals surface area contributed by atoms with Crippen molar-refractivity contribution in [3.63, 3.8) is 0 Å². The minimum Gasteiger partial charge on any atom is -0.326 e. The lowest BCUT2D eigenvalue weighted by Crippen LogP contribution is -2.38. The number of nitrogens with two attached hydrogens (primary N) is 1. The van der Waals surface area contributed by atoms with Gasteiger partial charge in [0, 0.05) is 24.0 Å². The second-order valence-corrected chi connectivity index (χ2v) is 8.41. The number of rotatable bonds is 6. The van der Waals surface area contributed by atoms with Crippen LogP contribution in [0.1, 0.15) is 11.8 Å². The summed E-state index contributed by atoms with van der Waals surface area (Å²) in [6.07, 6.45) is 0. The van der Waals surface area contributed by atoms with Crippen molar-refractivity contribution < 1.29 is 8.42 Å². The quantitative estimate of drug-likeness (QED) is 0.803. The van der Waals surface area contributed by atoms with Crippen molar-refractivity contribution in [1.29, 1.82) is 0 Å². The van der Waals surface area contributed by atoms with Gasteiger partial charge in [-0.05, 0) is 43.0 Å². The number of thiophene rings is 1. The van der Waals surface area contributed by atoms with E-state index in [1.807, 2.05) is 25.9 Å². The smallest absolute Gasteiger partial charge is 0.242 e. The summed E-state index contributed by atoms with van der Waals surface area (Å²) in [6, 6.07) is 1.74. The van der Waals surface area contributed by atoms with E-state index in [0.717, 1.165) is 4.88 Å². The molecule has 0 bridgehead atoms. The molecule has 1 heterocycles. The van der Waals surface area contributed by atoms with Crippen molar-refractivity contribution in [3.8, 4) is 0 Å². The summed E-state index contributed by atoms with van der Waals surface area (Å²) < 4.78 is 27.4. The Hall–Kier alpha value is 0.01000. The maximum absolute atomic E-state index is 12.1. The lowest BCUT2D eigenvalue weighted by molar-refractivity contribution is 0.314. The molecule has 1 aromatic heterocycles. The third kappa shape index (κ3) is 4.01. The van der Waals surface area contributed by atoms with Gasteiger partial charge in [0.25, 0.3) is 0 Å². The molecule has 0 saturated carbocycles. The van der Waals surface area contributed by atoms with Crippen molar-refractivity contribution in [3.05, 3.63) is 14.7 Å². The van der Waals surface area contributed by atoms with Gasteiger partial charge in [0.15, 0.2) is 0 Å². The van der Waals surface area contributed by atoms with Gasteiger partial charge in [0.2, 0.25) is 10.0 Å². The first-order valence-electron chi connectivity index (χ1n) is 5.42. The number of halogens is 1. The fraction of sp³-hybridized carbons (Fsp3) is 0.600. The molecular formula is C10H18BrN3O2S2. The number of sulfonamides is 1. The predicted octanol–water partition coefficient (Wildman–Crippen LogP) is 1.20. The van der Waals surface area contributed by atoms with Crippen LogP contribution in [0.3, 0.4) is 0 Å². The van der Waals surface area contributed by atoms with Crippen LogP contribution in [0.25, 0.3) is 0 Å². The molecule has 1 atom stereocenters. The normalized spacial score (nSPS) is 14.1. The minimum absolute atomic E-state index is 0.131. The topological polar surface area (TPSA) is 75.4 Å². The van der Waals surface area contributed by atoms with Gasteiger partial charge < -0.3 is 10.6 Å². The van der Waals surface area contributed by atoms with Gasteiger partial charge >= 0.3 is 0 Å². The fourth-order valence-electron chi connectivity index (χ4n) is 1.17. The SMILES string of the molecule is CC(CNS(=O)(=O)c1cc(CN)sc1Br)N(C)C.